The molecule has 0 aliphatic carbocycles. The van der Waals surface area contributed by atoms with Crippen LogP contribution in [0.4, 0.5) is 5.82 Å². The highest BCUT2D eigenvalue weighted by Crippen LogP contribution is 2.26. The van der Waals surface area contributed by atoms with Crippen molar-refractivity contribution in [3.05, 3.63) is 21.8 Å². The lowest BCUT2D eigenvalue weighted by Gasteiger charge is -2.21. The molecule has 2 rings (SSSR count). The van der Waals surface area contributed by atoms with Gasteiger partial charge in [0.15, 0.2) is 0 Å². The number of pyridine rings is 1. The highest BCUT2D eigenvalue weighted by Gasteiger charge is 2.14. The normalized spacial score (nSPS) is 17.4. The predicted octanol–water partition coefficient (Wildman–Crippen LogP) is 4.05. The summed E-state index contributed by atoms with van der Waals surface area (Å²) in [4.78, 5) is 4.27. The van der Waals surface area contributed by atoms with Gasteiger partial charge < -0.3 is 5.32 Å². The Balaban J connectivity index is 1.88. The summed E-state index contributed by atoms with van der Waals surface area (Å²) in [6, 6.07) is 1.87. The van der Waals surface area contributed by atoms with Crippen LogP contribution in [-0.4, -0.2) is 23.0 Å². The topological polar surface area (TPSA) is 24.9 Å². The fourth-order valence-electron chi connectivity index (χ4n) is 1.74. The van der Waals surface area contributed by atoms with Crippen molar-refractivity contribution < 1.29 is 0 Å². The van der Waals surface area contributed by atoms with Crippen LogP contribution in [0.25, 0.3) is 0 Å². The number of rotatable bonds is 3. The van der Waals surface area contributed by atoms with Crippen LogP contribution in [-0.2, 0) is 0 Å². The van der Waals surface area contributed by atoms with Gasteiger partial charge in [0.05, 0.1) is 5.02 Å². The van der Waals surface area contributed by atoms with E-state index >= 15 is 0 Å². The molecule has 0 saturated carbocycles. The second-order valence-electron chi connectivity index (χ2n) is 3.92. The van der Waals surface area contributed by atoms with Crippen molar-refractivity contribution in [3.8, 4) is 0 Å². The van der Waals surface area contributed by atoms with E-state index in [0.717, 1.165) is 22.8 Å². The molecular weight excluding hydrogens is 308 g/mol. The van der Waals surface area contributed by atoms with Gasteiger partial charge in [0.2, 0.25) is 0 Å². The van der Waals surface area contributed by atoms with Gasteiger partial charge in [-0.1, -0.05) is 11.6 Å². The Morgan fingerprint density at radius 3 is 2.94 bits per heavy atom. The molecule has 16 heavy (non-hydrogen) atoms. The lowest BCUT2D eigenvalue weighted by Crippen LogP contribution is -2.19. The summed E-state index contributed by atoms with van der Waals surface area (Å²) in [5.74, 6) is 4.13. The monoisotopic (exact) mass is 320 g/mol. The molecule has 1 aromatic heterocycles. The lowest BCUT2D eigenvalue weighted by atomic mass is 10.0. The molecule has 0 radical (unpaired) electrons. The van der Waals surface area contributed by atoms with Crippen LogP contribution < -0.4 is 5.32 Å². The Labute approximate surface area is 114 Å². The van der Waals surface area contributed by atoms with Gasteiger partial charge >= 0.3 is 0 Å². The SMILES string of the molecule is Clc1cc(Br)cnc1NCC1CCSCC1. The molecular formula is C11H14BrClN2S. The summed E-state index contributed by atoms with van der Waals surface area (Å²) >= 11 is 11.5. The average Bonchev–Trinajstić information content (AvgIpc) is 2.29. The molecule has 5 heteroatoms. The highest BCUT2D eigenvalue weighted by atomic mass is 79.9. The van der Waals surface area contributed by atoms with E-state index in [1.807, 2.05) is 17.8 Å². The first kappa shape index (κ1) is 12.5. The number of halogens is 2. The van der Waals surface area contributed by atoms with E-state index in [1.165, 1.54) is 24.3 Å². The Kier molecular flexibility index (Phi) is 4.79. The van der Waals surface area contributed by atoms with Gasteiger partial charge in [-0.15, -0.1) is 0 Å². The van der Waals surface area contributed by atoms with Crippen LogP contribution in [0.1, 0.15) is 12.8 Å². The number of anilines is 1. The van der Waals surface area contributed by atoms with Crippen molar-refractivity contribution in [2.75, 3.05) is 23.4 Å². The standard InChI is InChI=1S/C11H14BrClN2S/c12-9-5-10(13)11(15-7-9)14-6-8-1-3-16-4-2-8/h5,7-8H,1-4,6H2,(H,14,15). The van der Waals surface area contributed by atoms with E-state index in [9.17, 15) is 0 Å². The van der Waals surface area contributed by atoms with Crippen molar-refractivity contribution in [1.29, 1.82) is 0 Å². The van der Waals surface area contributed by atoms with E-state index in [2.05, 4.69) is 26.2 Å². The molecule has 88 valence electrons. The number of aromatic nitrogens is 1. The maximum atomic E-state index is 6.09. The third-order valence-corrected chi connectivity index (χ3v) is 4.48. The van der Waals surface area contributed by atoms with E-state index < -0.39 is 0 Å². The minimum absolute atomic E-state index is 0.680. The maximum Gasteiger partial charge on any atom is 0.144 e. The molecule has 1 aromatic rings. The summed E-state index contributed by atoms with van der Waals surface area (Å²) < 4.78 is 0.914. The molecule has 1 aliphatic heterocycles. The molecule has 0 amide bonds. The lowest BCUT2D eigenvalue weighted by molar-refractivity contribution is 0.515. The quantitative estimate of drug-likeness (QED) is 0.909. The number of thioether (sulfide) groups is 1. The van der Waals surface area contributed by atoms with Gasteiger partial charge in [0.25, 0.3) is 0 Å². The van der Waals surface area contributed by atoms with Crippen molar-refractivity contribution in [3.63, 3.8) is 0 Å². The van der Waals surface area contributed by atoms with Crippen LogP contribution in [0.5, 0.6) is 0 Å². The van der Waals surface area contributed by atoms with Crippen molar-refractivity contribution in [2.24, 2.45) is 5.92 Å². The Hall–Kier alpha value is 0.0700. The third-order valence-electron chi connectivity index (χ3n) is 2.71. The molecule has 2 heterocycles. The van der Waals surface area contributed by atoms with E-state index in [4.69, 9.17) is 11.6 Å². The van der Waals surface area contributed by atoms with Crippen molar-refractivity contribution >= 4 is 45.1 Å². The van der Waals surface area contributed by atoms with E-state index in [1.54, 1.807) is 6.20 Å². The average molecular weight is 322 g/mol. The van der Waals surface area contributed by atoms with Crippen LogP contribution >= 0.6 is 39.3 Å². The molecule has 1 fully saturated rings. The van der Waals surface area contributed by atoms with Gasteiger partial charge in [-0.2, -0.15) is 11.8 Å². The Morgan fingerprint density at radius 1 is 1.50 bits per heavy atom. The minimum Gasteiger partial charge on any atom is -0.369 e. The second-order valence-corrected chi connectivity index (χ2v) is 6.47. The molecule has 0 atom stereocenters. The van der Waals surface area contributed by atoms with E-state index in [0.29, 0.717) is 5.02 Å². The van der Waals surface area contributed by atoms with Crippen molar-refractivity contribution in [1.82, 2.24) is 4.98 Å². The molecule has 1 aliphatic rings. The molecule has 1 N–H and O–H groups in total. The van der Waals surface area contributed by atoms with Gasteiger partial charge in [-0.05, 0) is 52.3 Å². The van der Waals surface area contributed by atoms with Crippen LogP contribution in [0, 0.1) is 5.92 Å². The van der Waals surface area contributed by atoms with Gasteiger partial charge in [-0.25, -0.2) is 4.98 Å². The maximum absolute atomic E-state index is 6.09. The first-order valence-electron chi connectivity index (χ1n) is 5.38. The highest BCUT2D eigenvalue weighted by molar-refractivity contribution is 9.10. The van der Waals surface area contributed by atoms with Gasteiger partial charge in [0, 0.05) is 17.2 Å². The summed E-state index contributed by atoms with van der Waals surface area (Å²) in [6.45, 7) is 0.981. The molecule has 0 bridgehead atoms. The third kappa shape index (κ3) is 3.54. The molecule has 2 nitrogen and oxygen atoms in total. The molecule has 0 unspecified atom stereocenters. The summed E-state index contributed by atoms with van der Waals surface area (Å²) in [5.41, 5.74) is 0. The first-order valence-corrected chi connectivity index (χ1v) is 7.71. The number of nitrogens with one attached hydrogen (secondary N) is 1. The molecule has 1 saturated heterocycles. The van der Waals surface area contributed by atoms with Gasteiger partial charge in [0.1, 0.15) is 5.82 Å². The van der Waals surface area contributed by atoms with Crippen molar-refractivity contribution in [2.45, 2.75) is 12.8 Å². The Morgan fingerprint density at radius 2 is 2.25 bits per heavy atom. The largest absolute Gasteiger partial charge is 0.369 e. The summed E-state index contributed by atoms with van der Waals surface area (Å²) in [5, 5.41) is 4.02. The van der Waals surface area contributed by atoms with Crippen LogP contribution in [0.2, 0.25) is 5.02 Å². The van der Waals surface area contributed by atoms with Gasteiger partial charge in [-0.3, -0.25) is 0 Å². The van der Waals surface area contributed by atoms with Crippen LogP contribution in [0.15, 0.2) is 16.7 Å². The zero-order chi connectivity index (χ0) is 11.4. The zero-order valence-electron chi connectivity index (χ0n) is 8.88. The molecule has 0 aromatic carbocycles. The van der Waals surface area contributed by atoms with Crippen LogP contribution in [0.3, 0.4) is 0 Å². The first-order chi connectivity index (χ1) is 7.75. The zero-order valence-corrected chi connectivity index (χ0v) is 12.0. The second kappa shape index (κ2) is 6.12. The number of nitrogens with zero attached hydrogens (tertiary/aromatic N) is 1. The fraction of sp³-hybridized carbons (Fsp3) is 0.545. The van der Waals surface area contributed by atoms with E-state index in [-0.39, 0.29) is 0 Å². The summed E-state index contributed by atoms with van der Waals surface area (Å²) in [7, 11) is 0. The Bertz CT molecular complexity index is 356. The molecule has 0 spiro atoms. The fourth-order valence-corrected chi connectivity index (χ4v) is 3.64. The summed E-state index contributed by atoms with van der Waals surface area (Å²) in [6.07, 6.45) is 4.36. The number of hydrogen-bond acceptors (Lipinski definition) is 3. The predicted molar refractivity (Wildman–Crippen MR) is 75.5 cm³/mol. The smallest absolute Gasteiger partial charge is 0.144 e. The number of hydrogen-bond donors (Lipinski definition) is 1. The minimum atomic E-state index is 0.680.